The molecule has 0 fully saturated rings. The number of aryl methyl sites for hydroxylation is 1. The Balaban J connectivity index is -0.0000000567. The molecule has 0 unspecified atom stereocenters. The summed E-state index contributed by atoms with van der Waals surface area (Å²) < 4.78 is 1.58. The van der Waals surface area contributed by atoms with Crippen LogP contribution in [-0.4, -0.2) is 22.0 Å². The number of terminal acetylenes is 1. The molecule has 1 aromatic rings. The molecule has 0 aromatic carbocycles. The number of aromatic nitrogens is 3. The normalized spacial score (nSPS) is 5.14. The minimum atomic E-state index is 0. The van der Waals surface area contributed by atoms with E-state index in [0.29, 0.717) is 0 Å². The van der Waals surface area contributed by atoms with E-state index in [4.69, 9.17) is 12.0 Å². The number of azide groups is 1. The Morgan fingerprint density at radius 1 is 1.57 bits per heavy atom. The van der Waals surface area contributed by atoms with Crippen molar-refractivity contribution >= 4 is 0 Å². The van der Waals surface area contributed by atoms with Crippen LogP contribution in [0.25, 0.3) is 10.4 Å². The van der Waals surface area contributed by atoms with Gasteiger partial charge in [-0.05, 0) is 5.53 Å². The molecule has 0 aliphatic carbocycles. The smallest absolute Gasteiger partial charge is 0.697 e. The molecule has 0 saturated heterocycles. The maximum Gasteiger partial charge on any atom is 1.00 e. The van der Waals surface area contributed by atoms with Gasteiger partial charge in [-0.1, -0.05) is 5.11 Å². The second-order valence-corrected chi connectivity index (χ2v) is 1.31. The minimum absolute atomic E-state index is 0. The average molecular weight is 242 g/mol. The summed E-state index contributed by atoms with van der Waals surface area (Å²) in [5.41, 5.74) is 7.33. The van der Waals surface area contributed by atoms with Crippen molar-refractivity contribution in [3.05, 3.63) is 29.3 Å². The van der Waals surface area contributed by atoms with Gasteiger partial charge in [-0.2, -0.15) is 0 Å². The molecule has 6 nitrogen and oxygen atoms in total. The van der Waals surface area contributed by atoms with E-state index in [1.807, 2.05) is 0 Å². The van der Waals surface area contributed by atoms with Crippen LogP contribution in [0.2, 0.25) is 0 Å². The summed E-state index contributed by atoms with van der Waals surface area (Å²) in [7, 11) is 3.18. The van der Waals surface area contributed by atoms with Crippen LogP contribution in [0.5, 0.6) is 0 Å². The van der Waals surface area contributed by atoms with Gasteiger partial charge >= 0.3 is 103 Å². The second kappa shape index (κ2) is 23.8. The number of hydrogen-bond donors (Lipinski definition) is 0. The van der Waals surface area contributed by atoms with Gasteiger partial charge in [0.1, 0.15) is 0 Å². The van der Waals surface area contributed by atoms with E-state index < -0.39 is 0 Å². The summed E-state index contributed by atoms with van der Waals surface area (Å²) >= 11 is 0. The van der Waals surface area contributed by atoms with E-state index in [1.165, 1.54) is 7.05 Å². The van der Waals surface area contributed by atoms with Crippen LogP contribution in [-0.2, 0) is 7.05 Å². The molecule has 14 heavy (non-hydrogen) atoms. The molecule has 0 radical (unpaired) electrons. The van der Waals surface area contributed by atoms with Crippen LogP contribution in [0.4, 0.5) is 0 Å². The van der Waals surface area contributed by atoms with E-state index >= 15 is 0 Å². The predicted octanol–water partition coefficient (Wildman–Crippen LogP) is -5.24. The Morgan fingerprint density at radius 2 is 2.00 bits per heavy atom. The zero-order chi connectivity index (χ0) is 9.82. The molecule has 0 atom stereocenters. The second-order valence-electron chi connectivity index (χ2n) is 1.31. The van der Waals surface area contributed by atoms with Crippen molar-refractivity contribution in [1.29, 1.82) is 0 Å². The van der Waals surface area contributed by atoms with Crippen LogP contribution < -0.4 is 103 Å². The predicted molar refractivity (Wildman–Crippen MR) is 43.1 cm³/mol. The summed E-state index contributed by atoms with van der Waals surface area (Å²) in [5, 5.41) is 9.85. The quantitative estimate of drug-likeness (QED) is 0.114. The van der Waals surface area contributed by atoms with Crippen molar-refractivity contribution in [1.82, 2.24) is 15.0 Å². The zero-order valence-corrected chi connectivity index (χ0v) is 15.1. The molecular weight excluding hydrogens is 234 g/mol. The summed E-state index contributed by atoms with van der Waals surface area (Å²) in [6.07, 6.45) is 13.2. The fraction of sp³-hybridized carbons (Fsp3) is 0.333. The first kappa shape index (κ1) is 24.5. The topological polar surface area (TPSA) is 79.5 Å². The first-order valence-electron chi connectivity index (χ1n) is 2.75. The maximum atomic E-state index is 7.33. The van der Waals surface area contributed by atoms with Crippen LogP contribution in [0.15, 0.2) is 11.3 Å². The molecule has 0 N–H and O–H groups in total. The molecule has 0 amide bonds. The molecule has 1 heterocycles. The van der Waals surface area contributed by atoms with Gasteiger partial charge in [0.25, 0.3) is 0 Å². The molecule has 8 heteroatoms. The molecule has 0 saturated carbocycles. The van der Waals surface area contributed by atoms with Crippen LogP contribution in [0.1, 0.15) is 0 Å². The van der Waals surface area contributed by atoms with Crippen molar-refractivity contribution in [2.45, 2.75) is 0 Å². The van der Waals surface area contributed by atoms with Crippen molar-refractivity contribution in [3.8, 4) is 6.42 Å². The van der Waals surface area contributed by atoms with Gasteiger partial charge in [0.2, 0.25) is 0 Å². The summed E-state index contributed by atoms with van der Waals surface area (Å²) in [6, 6.07) is 0. The van der Waals surface area contributed by atoms with Crippen molar-refractivity contribution in [2.24, 2.45) is 12.2 Å². The third kappa shape index (κ3) is 23.3. The van der Waals surface area contributed by atoms with Crippen molar-refractivity contribution < 1.29 is 103 Å². The first-order chi connectivity index (χ1) is 5.81. The fourth-order valence-corrected chi connectivity index (χ4v) is 0.232. The number of rotatable bonds is 0. The Labute approximate surface area is 169 Å². The van der Waals surface area contributed by atoms with Gasteiger partial charge in [-0.15, -0.1) is 11.4 Å². The largest absolute Gasteiger partial charge is 1.00 e. The third-order valence-electron chi connectivity index (χ3n) is 0.578. The van der Waals surface area contributed by atoms with Gasteiger partial charge in [0.05, 0.1) is 0 Å². The Kier molecular flexibility index (Phi) is 41.7. The van der Waals surface area contributed by atoms with Crippen molar-refractivity contribution in [2.75, 3.05) is 7.05 Å². The minimum Gasteiger partial charge on any atom is -0.697 e. The van der Waals surface area contributed by atoms with Gasteiger partial charge in [-0.3, -0.25) is 4.68 Å². The Bertz CT molecular complexity index is 238. The van der Waals surface area contributed by atoms with Gasteiger partial charge < -0.3 is 24.1 Å². The first-order valence-corrected chi connectivity index (χ1v) is 2.75. The molecular formula is C6H8K2N6. The number of nitrogens with zero attached hydrogens (tertiary/aromatic N) is 6. The zero-order valence-electron chi connectivity index (χ0n) is 8.84. The van der Waals surface area contributed by atoms with E-state index in [2.05, 4.69) is 33.0 Å². The van der Waals surface area contributed by atoms with Crippen LogP contribution >= 0.6 is 0 Å². The monoisotopic (exact) mass is 242 g/mol. The molecule has 1 aromatic heterocycles. The van der Waals surface area contributed by atoms with Gasteiger partial charge in [-0.25, -0.2) is 0 Å². The summed E-state index contributed by atoms with van der Waals surface area (Å²) in [4.78, 5) is 2.36. The molecule has 0 aliphatic heterocycles. The van der Waals surface area contributed by atoms with Crippen LogP contribution in [0, 0.1) is 19.0 Å². The maximum absolute atomic E-state index is 7.33. The van der Waals surface area contributed by atoms with Gasteiger partial charge in [0, 0.05) is 19.0 Å². The van der Waals surface area contributed by atoms with E-state index in [0.717, 1.165) is 0 Å². The standard InChI is InChI=1S/C3H4N3.C2H.CH3N3.2K/c1-6-3-2-4-5-6;1-2;1-3-4-2;;/h3H,1H3;1H;1H3;;/q2*-1;;2*+1. The van der Waals surface area contributed by atoms with E-state index in [-0.39, 0.29) is 103 Å². The molecule has 64 valence electrons. The Morgan fingerprint density at radius 3 is 2.07 bits per heavy atom. The van der Waals surface area contributed by atoms with Gasteiger partial charge in [0.15, 0.2) is 0 Å². The molecule has 0 bridgehead atoms. The SMILES string of the molecule is CN=[N+]=[N-].Cn1c[c-]nn1.[C-]#C.[K+].[K+]. The van der Waals surface area contributed by atoms with E-state index in [9.17, 15) is 0 Å². The van der Waals surface area contributed by atoms with E-state index in [1.54, 1.807) is 17.9 Å². The fourth-order valence-electron chi connectivity index (χ4n) is 0.232. The van der Waals surface area contributed by atoms with Crippen molar-refractivity contribution in [3.63, 3.8) is 0 Å². The third-order valence-corrected chi connectivity index (χ3v) is 0.578. The van der Waals surface area contributed by atoms with Crippen LogP contribution in [0.3, 0.4) is 0 Å². The summed E-state index contributed by atoms with van der Waals surface area (Å²) in [6.45, 7) is 0. The number of hydrogen-bond acceptors (Lipinski definition) is 3. The average Bonchev–Trinajstić information content (AvgIpc) is 2.60. The summed E-state index contributed by atoms with van der Waals surface area (Å²) in [5.74, 6) is 0. The molecule has 1 rings (SSSR count). The molecule has 0 aliphatic rings. The Hall–Kier alpha value is 1.28. The molecule has 0 spiro atoms.